The first-order chi connectivity index (χ1) is 11.5. The second-order valence-corrected chi connectivity index (χ2v) is 7.56. The molecule has 1 saturated heterocycles. The Balaban J connectivity index is 1.74. The highest BCUT2D eigenvalue weighted by atomic mass is 32.1. The van der Waals surface area contributed by atoms with Crippen molar-refractivity contribution < 1.29 is 9.59 Å². The molecule has 3 atom stereocenters. The van der Waals surface area contributed by atoms with Gasteiger partial charge in [-0.3, -0.25) is 9.59 Å². The Kier molecular flexibility index (Phi) is 3.35. The molecule has 0 bridgehead atoms. The lowest BCUT2D eigenvalue weighted by Crippen LogP contribution is -2.46. The average Bonchev–Trinajstić information content (AvgIpc) is 3.02. The van der Waals surface area contributed by atoms with E-state index in [1.54, 1.807) is 4.90 Å². The quantitative estimate of drug-likeness (QED) is 0.887. The largest absolute Gasteiger partial charge is 0.375 e. The molecule has 2 fully saturated rings. The van der Waals surface area contributed by atoms with Gasteiger partial charge in [-0.25, -0.2) is 4.98 Å². The number of anilines is 1. The number of likely N-dealkylation sites (tertiary alicyclic amines) is 1. The number of nitrogens with two attached hydrogens (primary N) is 2. The zero-order valence-electron chi connectivity index (χ0n) is 13.2. The van der Waals surface area contributed by atoms with Crippen LogP contribution in [0.4, 0.5) is 5.13 Å². The smallest absolute Gasteiger partial charge is 0.275 e. The van der Waals surface area contributed by atoms with Gasteiger partial charge in [0, 0.05) is 6.04 Å². The second-order valence-electron chi connectivity index (χ2n) is 6.53. The lowest BCUT2D eigenvalue weighted by molar-refractivity contribution is -0.122. The Bertz CT molecular complexity index is 847. The molecule has 0 unspecified atom stereocenters. The number of nitrogens with zero attached hydrogens (tertiary/aromatic N) is 2. The summed E-state index contributed by atoms with van der Waals surface area (Å²) >= 11 is 1.29. The number of amides is 2. The molecule has 1 aliphatic carbocycles. The summed E-state index contributed by atoms with van der Waals surface area (Å²) in [5.41, 5.74) is 13.7. The Morgan fingerprint density at radius 2 is 2.12 bits per heavy atom. The molecule has 2 heterocycles. The molecule has 4 rings (SSSR count). The molecule has 0 spiro atoms. The van der Waals surface area contributed by atoms with Gasteiger partial charge in [-0.05, 0) is 31.2 Å². The predicted octanol–water partition coefficient (Wildman–Crippen LogP) is 1.79. The van der Waals surface area contributed by atoms with Crippen molar-refractivity contribution in [2.45, 2.75) is 31.8 Å². The Morgan fingerprint density at radius 1 is 1.33 bits per heavy atom. The zero-order valence-corrected chi connectivity index (χ0v) is 14.0. The van der Waals surface area contributed by atoms with E-state index >= 15 is 0 Å². The van der Waals surface area contributed by atoms with Gasteiger partial charge >= 0.3 is 0 Å². The van der Waals surface area contributed by atoms with Gasteiger partial charge in [0.15, 0.2) is 5.13 Å². The van der Waals surface area contributed by atoms with Gasteiger partial charge in [0.1, 0.15) is 11.7 Å². The van der Waals surface area contributed by atoms with Crippen molar-refractivity contribution in [3.05, 3.63) is 35.5 Å². The maximum atomic E-state index is 13.1. The normalized spacial score (nSPS) is 24.7. The van der Waals surface area contributed by atoms with Gasteiger partial charge in [0.2, 0.25) is 5.91 Å². The first kappa shape index (κ1) is 15.1. The number of carbonyl (C=O) groups excluding carboxylic acids is 2. The molecule has 1 saturated carbocycles. The fourth-order valence-electron chi connectivity index (χ4n) is 3.59. The molecule has 0 radical (unpaired) electrons. The third-order valence-corrected chi connectivity index (χ3v) is 5.73. The molecule has 124 valence electrons. The molecular formula is C17H18N4O2S. The second kappa shape index (κ2) is 5.31. The number of aryl methyl sites for hydroxylation is 1. The van der Waals surface area contributed by atoms with E-state index in [-0.39, 0.29) is 11.9 Å². The average molecular weight is 342 g/mol. The van der Waals surface area contributed by atoms with Crippen molar-refractivity contribution in [1.82, 2.24) is 9.88 Å². The van der Waals surface area contributed by atoms with Crippen molar-refractivity contribution in [3.63, 3.8) is 0 Å². The fraction of sp³-hybridized carbons (Fsp3) is 0.353. The van der Waals surface area contributed by atoms with Gasteiger partial charge in [-0.1, -0.05) is 41.2 Å². The zero-order chi connectivity index (χ0) is 17.0. The van der Waals surface area contributed by atoms with Crippen LogP contribution in [0, 0.1) is 12.8 Å². The first-order valence-electron chi connectivity index (χ1n) is 7.91. The molecule has 7 heteroatoms. The van der Waals surface area contributed by atoms with Crippen LogP contribution in [0.15, 0.2) is 24.3 Å². The van der Waals surface area contributed by atoms with Crippen molar-refractivity contribution >= 4 is 28.3 Å². The van der Waals surface area contributed by atoms with Crippen LogP contribution in [0.25, 0.3) is 10.4 Å². The van der Waals surface area contributed by atoms with Crippen LogP contribution >= 0.6 is 11.3 Å². The minimum atomic E-state index is -0.533. The summed E-state index contributed by atoms with van der Waals surface area (Å²) in [5.74, 6) is -0.297. The number of carbonyl (C=O) groups is 2. The molecular weight excluding hydrogens is 324 g/mol. The summed E-state index contributed by atoms with van der Waals surface area (Å²) in [7, 11) is 0. The molecule has 2 aromatic rings. The van der Waals surface area contributed by atoms with Crippen LogP contribution in [-0.4, -0.2) is 33.8 Å². The minimum absolute atomic E-state index is 0.114. The van der Waals surface area contributed by atoms with Crippen molar-refractivity contribution in [2.24, 2.45) is 11.7 Å². The highest BCUT2D eigenvalue weighted by molar-refractivity contribution is 7.19. The number of thiazole rings is 1. The monoisotopic (exact) mass is 342 g/mol. The van der Waals surface area contributed by atoms with E-state index in [1.807, 2.05) is 31.2 Å². The molecule has 2 amide bonds. The van der Waals surface area contributed by atoms with E-state index in [2.05, 4.69) is 4.98 Å². The molecule has 6 nitrogen and oxygen atoms in total. The minimum Gasteiger partial charge on any atom is -0.375 e. The van der Waals surface area contributed by atoms with Crippen molar-refractivity contribution in [2.75, 3.05) is 5.73 Å². The number of hydrogen-bond donors (Lipinski definition) is 2. The Morgan fingerprint density at radius 3 is 2.83 bits per heavy atom. The van der Waals surface area contributed by atoms with Crippen molar-refractivity contribution in [3.8, 4) is 10.4 Å². The van der Waals surface area contributed by atoms with E-state index < -0.39 is 11.9 Å². The van der Waals surface area contributed by atoms with Crippen LogP contribution in [0.3, 0.4) is 0 Å². The summed E-state index contributed by atoms with van der Waals surface area (Å²) in [5, 5.41) is 0.344. The number of nitrogen functional groups attached to an aromatic ring is 1. The van der Waals surface area contributed by atoms with Crippen molar-refractivity contribution in [1.29, 1.82) is 0 Å². The number of benzene rings is 1. The number of primary amides is 1. The SMILES string of the molecule is Cc1cccc(-c2sc(N)nc2C(=O)N2[C@H](C(N)=O)C[C@@H]3C[C@@H]32)c1. The van der Waals surface area contributed by atoms with E-state index in [9.17, 15) is 9.59 Å². The van der Waals surface area contributed by atoms with Gasteiger partial charge < -0.3 is 16.4 Å². The van der Waals surface area contributed by atoms with Crippen LogP contribution in [0.2, 0.25) is 0 Å². The third kappa shape index (κ3) is 2.36. The van der Waals surface area contributed by atoms with E-state index in [4.69, 9.17) is 11.5 Å². The maximum absolute atomic E-state index is 13.1. The lowest BCUT2D eigenvalue weighted by Gasteiger charge is -2.24. The summed E-state index contributed by atoms with van der Waals surface area (Å²) in [6.07, 6.45) is 1.60. The topological polar surface area (TPSA) is 102 Å². The number of aromatic nitrogens is 1. The van der Waals surface area contributed by atoms with E-state index in [0.717, 1.165) is 22.4 Å². The van der Waals surface area contributed by atoms with Crippen LogP contribution in [0.1, 0.15) is 28.9 Å². The third-order valence-electron chi connectivity index (χ3n) is 4.79. The van der Waals surface area contributed by atoms with Crippen LogP contribution < -0.4 is 11.5 Å². The van der Waals surface area contributed by atoms with E-state index in [0.29, 0.717) is 23.2 Å². The van der Waals surface area contributed by atoms with Crippen LogP contribution in [-0.2, 0) is 4.79 Å². The highest BCUT2D eigenvalue weighted by Gasteiger charge is 2.56. The number of rotatable bonds is 3. The standard InChI is InChI=1S/C17H18N4O2S/c1-8-3-2-4-9(5-8)14-13(20-17(19)24-14)16(23)21-11-6-10(11)7-12(21)15(18)22/h2-5,10-12H,6-7H2,1H3,(H2,18,22)(H2,19,20)/t10-,11-,12-/m0/s1. The highest BCUT2D eigenvalue weighted by Crippen LogP contribution is 2.49. The van der Waals surface area contributed by atoms with Crippen LogP contribution in [0.5, 0.6) is 0 Å². The first-order valence-corrected chi connectivity index (χ1v) is 8.72. The predicted molar refractivity (Wildman–Crippen MR) is 92.4 cm³/mol. The summed E-state index contributed by atoms with van der Waals surface area (Å²) in [6.45, 7) is 1.99. The Hall–Kier alpha value is -2.41. The van der Waals surface area contributed by atoms with Gasteiger partial charge in [0.05, 0.1) is 4.88 Å². The van der Waals surface area contributed by atoms with Gasteiger partial charge in [-0.15, -0.1) is 0 Å². The van der Waals surface area contributed by atoms with Gasteiger partial charge in [0.25, 0.3) is 5.91 Å². The number of fused-ring (bicyclic) bond motifs is 1. The number of piperidine rings is 1. The molecule has 1 aliphatic heterocycles. The molecule has 2 aliphatic rings. The Labute approximate surface area is 143 Å². The number of hydrogen-bond acceptors (Lipinski definition) is 5. The molecule has 4 N–H and O–H groups in total. The summed E-state index contributed by atoms with van der Waals surface area (Å²) in [4.78, 5) is 31.4. The molecule has 24 heavy (non-hydrogen) atoms. The fourth-order valence-corrected chi connectivity index (χ4v) is 4.41. The lowest BCUT2D eigenvalue weighted by atomic mass is 10.1. The molecule has 1 aromatic carbocycles. The summed E-state index contributed by atoms with van der Waals surface area (Å²) in [6, 6.07) is 7.45. The summed E-state index contributed by atoms with van der Waals surface area (Å²) < 4.78 is 0. The maximum Gasteiger partial charge on any atom is 0.275 e. The van der Waals surface area contributed by atoms with Gasteiger partial charge in [-0.2, -0.15) is 0 Å². The van der Waals surface area contributed by atoms with E-state index in [1.165, 1.54) is 11.3 Å². The molecule has 1 aromatic heterocycles.